The smallest absolute Gasteiger partial charge is 0.269 e. The molecule has 0 unspecified atom stereocenters. The van der Waals surface area contributed by atoms with Crippen molar-refractivity contribution in [2.75, 3.05) is 5.73 Å². The Morgan fingerprint density at radius 2 is 2.23 bits per heavy atom. The van der Waals surface area contributed by atoms with Gasteiger partial charge in [0.15, 0.2) is 0 Å². The highest BCUT2D eigenvalue weighted by Gasteiger charge is 2.18. The summed E-state index contributed by atoms with van der Waals surface area (Å²) in [5.74, 6) is 0. The summed E-state index contributed by atoms with van der Waals surface area (Å²) < 4.78 is 24.7. The zero-order valence-electron chi connectivity index (χ0n) is 6.48. The molecular formula is C7H7BrF2N2O. The number of halogens is 3. The van der Waals surface area contributed by atoms with Crippen LogP contribution in [-0.4, -0.2) is 4.98 Å². The zero-order valence-corrected chi connectivity index (χ0v) is 8.07. The number of rotatable bonds is 2. The van der Waals surface area contributed by atoms with E-state index >= 15 is 0 Å². The Kier molecular flexibility index (Phi) is 3.02. The first-order chi connectivity index (χ1) is 6.07. The number of nitrogens with one attached hydrogen (secondary N) is 1. The van der Waals surface area contributed by atoms with Gasteiger partial charge in [-0.25, -0.2) is 8.78 Å². The minimum Gasteiger partial charge on any atom is -0.394 e. The lowest BCUT2D eigenvalue weighted by Gasteiger charge is -2.05. The molecule has 0 saturated carbocycles. The van der Waals surface area contributed by atoms with E-state index < -0.39 is 17.4 Å². The van der Waals surface area contributed by atoms with Crippen molar-refractivity contribution in [3.8, 4) is 0 Å². The monoisotopic (exact) mass is 252 g/mol. The van der Waals surface area contributed by atoms with Gasteiger partial charge < -0.3 is 10.7 Å². The van der Waals surface area contributed by atoms with Gasteiger partial charge >= 0.3 is 0 Å². The second kappa shape index (κ2) is 3.87. The van der Waals surface area contributed by atoms with Crippen LogP contribution in [0.4, 0.5) is 14.5 Å². The number of aromatic nitrogens is 1. The van der Waals surface area contributed by atoms with Crippen LogP contribution >= 0.6 is 15.9 Å². The first-order valence-corrected chi connectivity index (χ1v) is 4.54. The topological polar surface area (TPSA) is 58.9 Å². The summed E-state index contributed by atoms with van der Waals surface area (Å²) in [4.78, 5) is 13.7. The van der Waals surface area contributed by atoms with Crippen molar-refractivity contribution in [3.63, 3.8) is 0 Å². The van der Waals surface area contributed by atoms with E-state index in [-0.39, 0.29) is 16.7 Å². The van der Waals surface area contributed by atoms with Gasteiger partial charge in [-0.05, 0) is 0 Å². The first-order valence-electron chi connectivity index (χ1n) is 3.42. The predicted molar refractivity (Wildman–Crippen MR) is 49.1 cm³/mol. The highest BCUT2D eigenvalue weighted by atomic mass is 79.9. The van der Waals surface area contributed by atoms with Crippen LogP contribution in [0.1, 0.15) is 17.7 Å². The number of anilines is 1. The van der Waals surface area contributed by atoms with Crippen molar-refractivity contribution in [3.05, 3.63) is 27.7 Å². The van der Waals surface area contributed by atoms with E-state index in [1.54, 1.807) is 0 Å². The van der Waals surface area contributed by atoms with Crippen LogP contribution in [-0.2, 0) is 5.33 Å². The molecule has 0 atom stereocenters. The van der Waals surface area contributed by atoms with E-state index in [1.807, 2.05) is 0 Å². The van der Waals surface area contributed by atoms with Gasteiger partial charge in [0, 0.05) is 17.2 Å². The van der Waals surface area contributed by atoms with Crippen LogP contribution in [0.15, 0.2) is 11.0 Å². The van der Waals surface area contributed by atoms with E-state index in [1.165, 1.54) is 6.20 Å². The zero-order chi connectivity index (χ0) is 10.0. The Balaban J connectivity index is 3.42. The largest absolute Gasteiger partial charge is 0.394 e. The number of pyridine rings is 1. The maximum Gasteiger partial charge on any atom is 0.269 e. The molecule has 3 N–H and O–H groups in total. The standard InChI is InChI=1S/C7H7BrF2N2O/c8-1-4-5(7(9)10)6(13)3(11)2-12-4/h2,7H,1,11H2,(H,12,13). The van der Waals surface area contributed by atoms with Gasteiger partial charge in [-0.2, -0.15) is 0 Å². The Labute approximate surface area is 81.1 Å². The predicted octanol–water partition coefficient (Wildman–Crippen LogP) is 1.79. The van der Waals surface area contributed by atoms with Crippen molar-refractivity contribution in [1.29, 1.82) is 0 Å². The minimum absolute atomic E-state index is 0.161. The van der Waals surface area contributed by atoms with Crippen molar-refractivity contribution in [2.45, 2.75) is 11.8 Å². The highest BCUT2D eigenvalue weighted by molar-refractivity contribution is 9.08. The molecule has 0 aromatic carbocycles. The molecule has 13 heavy (non-hydrogen) atoms. The van der Waals surface area contributed by atoms with Crippen LogP contribution in [0.2, 0.25) is 0 Å². The first kappa shape index (κ1) is 10.2. The van der Waals surface area contributed by atoms with E-state index in [4.69, 9.17) is 5.73 Å². The van der Waals surface area contributed by atoms with Gasteiger partial charge in [-0.3, -0.25) is 4.79 Å². The van der Waals surface area contributed by atoms with Gasteiger partial charge in [0.05, 0.1) is 11.3 Å². The third-order valence-electron chi connectivity index (χ3n) is 1.59. The Morgan fingerprint density at radius 1 is 1.62 bits per heavy atom. The Bertz CT molecular complexity index is 364. The van der Waals surface area contributed by atoms with Crippen LogP contribution in [0.25, 0.3) is 0 Å². The summed E-state index contributed by atoms with van der Waals surface area (Å²) in [5, 5.41) is 0.169. The highest BCUT2D eigenvalue weighted by Crippen LogP contribution is 2.20. The lowest BCUT2D eigenvalue weighted by molar-refractivity contribution is 0.149. The van der Waals surface area contributed by atoms with E-state index in [2.05, 4.69) is 20.9 Å². The van der Waals surface area contributed by atoms with Gasteiger partial charge in [-0.15, -0.1) is 0 Å². The molecule has 3 nitrogen and oxygen atoms in total. The Morgan fingerprint density at radius 3 is 2.69 bits per heavy atom. The number of hydrogen-bond donors (Lipinski definition) is 2. The summed E-state index contributed by atoms with van der Waals surface area (Å²) in [6, 6.07) is 0. The number of nitrogens with two attached hydrogens (primary N) is 1. The second-order valence-corrected chi connectivity index (χ2v) is 2.96. The van der Waals surface area contributed by atoms with Crippen molar-refractivity contribution in [1.82, 2.24) is 4.98 Å². The molecule has 1 aromatic rings. The van der Waals surface area contributed by atoms with Crippen LogP contribution in [0.3, 0.4) is 0 Å². The molecule has 1 heterocycles. The number of hydrogen-bond acceptors (Lipinski definition) is 2. The molecule has 0 spiro atoms. The molecule has 6 heteroatoms. The van der Waals surface area contributed by atoms with E-state index in [0.29, 0.717) is 0 Å². The average Bonchev–Trinajstić information content (AvgIpc) is 2.08. The summed E-state index contributed by atoms with van der Waals surface area (Å²) in [6.07, 6.45) is -1.59. The lowest BCUT2D eigenvalue weighted by atomic mass is 10.2. The third kappa shape index (κ3) is 1.88. The molecule has 0 aliphatic carbocycles. The fourth-order valence-corrected chi connectivity index (χ4v) is 1.41. The van der Waals surface area contributed by atoms with Gasteiger partial charge in [-0.1, -0.05) is 15.9 Å². The van der Waals surface area contributed by atoms with Crippen molar-refractivity contribution in [2.24, 2.45) is 0 Å². The fourth-order valence-electron chi connectivity index (χ4n) is 0.942. The lowest BCUT2D eigenvalue weighted by Crippen LogP contribution is -2.17. The van der Waals surface area contributed by atoms with Gasteiger partial charge in [0.1, 0.15) is 0 Å². The molecular weight excluding hydrogens is 246 g/mol. The van der Waals surface area contributed by atoms with Crippen LogP contribution in [0.5, 0.6) is 0 Å². The molecule has 0 radical (unpaired) electrons. The quantitative estimate of drug-likeness (QED) is 0.789. The third-order valence-corrected chi connectivity index (χ3v) is 2.15. The molecule has 1 aromatic heterocycles. The summed E-state index contributed by atoms with van der Waals surface area (Å²) in [5.41, 5.74) is 3.80. The SMILES string of the molecule is Nc1c[nH]c(CBr)c(C(F)F)c1=O. The van der Waals surface area contributed by atoms with E-state index in [9.17, 15) is 13.6 Å². The summed E-state index contributed by atoms with van der Waals surface area (Å²) >= 11 is 2.99. The fraction of sp³-hybridized carbons (Fsp3) is 0.286. The molecule has 0 fully saturated rings. The van der Waals surface area contributed by atoms with Gasteiger partial charge in [0.25, 0.3) is 6.43 Å². The number of aromatic amines is 1. The number of alkyl halides is 3. The summed E-state index contributed by atoms with van der Waals surface area (Å²) in [6.45, 7) is 0. The molecule has 0 bridgehead atoms. The average molecular weight is 253 g/mol. The molecule has 0 saturated heterocycles. The number of H-pyrrole nitrogens is 1. The molecule has 1 rings (SSSR count). The van der Waals surface area contributed by atoms with Crippen LogP contribution < -0.4 is 11.2 Å². The maximum atomic E-state index is 12.4. The minimum atomic E-state index is -2.81. The molecule has 0 amide bonds. The normalized spacial score (nSPS) is 10.8. The second-order valence-electron chi connectivity index (χ2n) is 2.40. The molecule has 72 valence electrons. The maximum absolute atomic E-state index is 12.4. The molecule has 0 aliphatic rings. The molecule has 0 aliphatic heterocycles. The Hall–Kier alpha value is -0.910. The van der Waals surface area contributed by atoms with Crippen molar-refractivity contribution >= 4 is 21.6 Å². The number of nitrogen functional groups attached to an aromatic ring is 1. The van der Waals surface area contributed by atoms with Crippen LogP contribution in [0, 0.1) is 0 Å². The van der Waals surface area contributed by atoms with Gasteiger partial charge in [0.2, 0.25) is 5.43 Å². The van der Waals surface area contributed by atoms with Crippen molar-refractivity contribution < 1.29 is 8.78 Å². The van der Waals surface area contributed by atoms with E-state index in [0.717, 1.165) is 0 Å². The summed E-state index contributed by atoms with van der Waals surface area (Å²) in [7, 11) is 0.